The molecule has 1 atom stereocenters. The maximum atomic E-state index is 13.1. The number of alkyl halides is 3. The van der Waals surface area contributed by atoms with Crippen molar-refractivity contribution in [3.05, 3.63) is 35.5 Å². The summed E-state index contributed by atoms with van der Waals surface area (Å²) in [5.41, 5.74) is 1.55. The van der Waals surface area contributed by atoms with E-state index in [-0.39, 0.29) is 18.2 Å². The molecule has 0 N–H and O–H groups in total. The fourth-order valence-electron chi connectivity index (χ4n) is 4.88. The minimum absolute atomic E-state index is 0.0322. The van der Waals surface area contributed by atoms with E-state index in [1.807, 2.05) is 17.9 Å². The van der Waals surface area contributed by atoms with Crippen molar-refractivity contribution in [2.75, 3.05) is 31.1 Å². The molecule has 10 heteroatoms. The number of hydrogen-bond donors (Lipinski definition) is 0. The van der Waals surface area contributed by atoms with E-state index in [2.05, 4.69) is 24.9 Å². The Morgan fingerprint density at radius 1 is 1.13 bits per heavy atom. The number of aryl methyl sites for hydroxylation is 1. The normalized spacial score (nSPS) is 23.0. The van der Waals surface area contributed by atoms with Crippen LogP contribution in [0, 0.1) is 0 Å². The van der Waals surface area contributed by atoms with Crippen molar-refractivity contribution in [3.8, 4) is 0 Å². The van der Waals surface area contributed by atoms with Gasteiger partial charge in [0, 0.05) is 62.5 Å². The van der Waals surface area contributed by atoms with Crippen molar-refractivity contribution in [1.29, 1.82) is 0 Å². The number of anilines is 1. The van der Waals surface area contributed by atoms with Crippen LogP contribution in [-0.4, -0.2) is 63.0 Å². The summed E-state index contributed by atoms with van der Waals surface area (Å²) < 4.78 is 47.4. The Morgan fingerprint density at radius 2 is 1.87 bits per heavy atom. The first-order valence-electron chi connectivity index (χ1n) is 10.9. The number of nitrogens with zero attached hydrogens (tertiary/aromatic N) is 6. The van der Waals surface area contributed by atoms with E-state index in [0.29, 0.717) is 12.4 Å². The van der Waals surface area contributed by atoms with E-state index >= 15 is 0 Å². The fraction of sp³-hybridized carbons (Fsp3) is 0.667. The Bertz CT molecular complexity index is 920. The Hall–Kier alpha value is -2.20. The number of ether oxygens (including phenoxy) is 1. The molecule has 1 saturated heterocycles. The third-order valence-electron chi connectivity index (χ3n) is 6.62. The molecule has 7 nitrogen and oxygen atoms in total. The summed E-state index contributed by atoms with van der Waals surface area (Å²) in [5, 5.41) is 4.38. The Morgan fingerprint density at radius 3 is 2.58 bits per heavy atom. The van der Waals surface area contributed by atoms with E-state index in [1.165, 1.54) is 11.3 Å². The molecule has 2 fully saturated rings. The molecule has 2 aliphatic heterocycles. The van der Waals surface area contributed by atoms with Gasteiger partial charge in [-0.05, 0) is 25.7 Å². The highest BCUT2D eigenvalue weighted by Crippen LogP contribution is 2.37. The fourth-order valence-corrected chi connectivity index (χ4v) is 4.88. The molecule has 0 spiro atoms. The molecule has 0 aromatic carbocycles. The van der Waals surface area contributed by atoms with Gasteiger partial charge in [-0.3, -0.25) is 4.68 Å². The third-order valence-corrected chi connectivity index (χ3v) is 6.62. The Labute approximate surface area is 179 Å². The van der Waals surface area contributed by atoms with Gasteiger partial charge in [0.1, 0.15) is 17.8 Å². The van der Waals surface area contributed by atoms with Crippen LogP contribution in [0.1, 0.15) is 48.7 Å². The van der Waals surface area contributed by atoms with Gasteiger partial charge in [-0.2, -0.15) is 18.3 Å². The molecular formula is C21H27F3N6O. The summed E-state index contributed by atoms with van der Waals surface area (Å²) in [6, 6.07) is 1.58. The first kappa shape index (κ1) is 20.7. The molecule has 2 aromatic rings. The first-order chi connectivity index (χ1) is 14.9. The van der Waals surface area contributed by atoms with E-state index in [1.54, 1.807) is 0 Å². The van der Waals surface area contributed by atoms with Gasteiger partial charge in [0.05, 0.1) is 18.9 Å². The average Bonchev–Trinajstić information content (AvgIpc) is 3.51. The average molecular weight is 436 g/mol. The molecule has 4 heterocycles. The van der Waals surface area contributed by atoms with Crippen molar-refractivity contribution in [2.45, 2.75) is 56.5 Å². The summed E-state index contributed by atoms with van der Waals surface area (Å²) in [5.74, 6) is 0.402. The SMILES string of the molecule is Cn1ncc2c1CCOC2CN1CCC(N(c2cc(C(F)(F)F)ncn2)C2CC2)CC1. The van der Waals surface area contributed by atoms with Crippen molar-refractivity contribution >= 4 is 5.82 Å². The van der Waals surface area contributed by atoms with E-state index < -0.39 is 11.9 Å². The smallest absolute Gasteiger partial charge is 0.372 e. The molecule has 0 radical (unpaired) electrons. The van der Waals surface area contributed by atoms with Crippen molar-refractivity contribution in [1.82, 2.24) is 24.6 Å². The highest BCUT2D eigenvalue weighted by atomic mass is 19.4. The maximum absolute atomic E-state index is 13.1. The summed E-state index contributed by atoms with van der Waals surface area (Å²) in [4.78, 5) is 12.1. The number of likely N-dealkylation sites (tertiary alicyclic amines) is 1. The number of hydrogen-bond acceptors (Lipinski definition) is 6. The molecule has 31 heavy (non-hydrogen) atoms. The maximum Gasteiger partial charge on any atom is 0.433 e. The second-order valence-corrected chi connectivity index (χ2v) is 8.71. The molecular weight excluding hydrogens is 409 g/mol. The van der Waals surface area contributed by atoms with Gasteiger partial charge < -0.3 is 14.5 Å². The standard InChI is InChI=1S/C21H27F3N6O/c1-28-17-6-9-31-18(16(17)11-27-28)12-29-7-4-15(5-8-29)30(14-2-3-14)20-10-19(21(22,23)24)25-13-26-20/h10-11,13-15,18H,2-9,12H2,1H3. The Kier molecular flexibility index (Phi) is 5.37. The van der Waals surface area contributed by atoms with Crippen molar-refractivity contribution < 1.29 is 17.9 Å². The van der Waals surface area contributed by atoms with Crippen LogP contribution in [0.25, 0.3) is 0 Å². The van der Waals surface area contributed by atoms with Crippen LogP contribution in [0.4, 0.5) is 19.0 Å². The van der Waals surface area contributed by atoms with Crippen molar-refractivity contribution in [2.24, 2.45) is 7.05 Å². The lowest BCUT2D eigenvalue weighted by molar-refractivity contribution is -0.141. The van der Waals surface area contributed by atoms with Crippen LogP contribution in [0.3, 0.4) is 0 Å². The molecule has 168 valence electrons. The number of halogens is 3. The van der Waals surface area contributed by atoms with E-state index in [4.69, 9.17) is 4.74 Å². The second kappa shape index (κ2) is 8.05. The predicted molar refractivity (Wildman–Crippen MR) is 108 cm³/mol. The monoisotopic (exact) mass is 436 g/mol. The molecule has 1 aliphatic carbocycles. The minimum Gasteiger partial charge on any atom is -0.372 e. The van der Waals surface area contributed by atoms with Crippen LogP contribution < -0.4 is 4.90 Å². The second-order valence-electron chi connectivity index (χ2n) is 8.71. The number of aromatic nitrogens is 4. The third kappa shape index (κ3) is 4.27. The molecule has 5 rings (SSSR count). The minimum atomic E-state index is -4.46. The number of fused-ring (bicyclic) bond motifs is 1. The van der Waals surface area contributed by atoms with Crippen LogP contribution in [0.2, 0.25) is 0 Å². The van der Waals surface area contributed by atoms with Gasteiger partial charge in [-0.15, -0.1) is 0 Å². The predicted octanol–water partition coefficient (Wildman–Crippen LogP) is 2.98. The highest BCUT2D eigenvalue weighted by Gasteiger charge is 2.39. The summed E-state index contributed by atoms with van der Waals surface area (Å²) in [6.07, 6.45) is 3.22. The van der Waals surface area contributed by atoms with Crippen LogP contribution in [0.15, 0.2) is 18.6 Å². The van der Waals surface area contributed by atoms with E-state index in [9.17, 15) is 13.2 Å². The van der Waals surface area contributed by atoms with Gasteiger partial charge in [0.2, 0.25) is 0 Å². The topological polar surface area (TPSA) is 59.3 Å². The number of rotatable bonds is 5. The lowest BCUT2D eigenvalue weighted by Crippen LogP contribution is -2.47. The molecule has 0 bridgehead atoms. The van der Waals surface area contributed by atoms with Crippen LogP contribution in [0.5, 0.6) is 0 Å². The molecule has 0 amide bonds. The molecule has 1 unspecified atom stereocenters. The quantitative estimate of drug-likeness (QED) is 0.718. The van der Waals surface area contributed by atoms with Gasteiger partial charge in [-0.25, -0.2) is 9.97 Å². The zero-order chi connectivity index (χ0) is 21.6. The zero-order valence-electron chi connectivity index (χ0n) is 17.6. The molecule has 1 saturated carbocycles. The zero-order valence-corrected chi connectivity index (χ0v) is 17.6. The van der Waals surface area contributed by atoms with Gasteiger partial charge in [-0.1, -0.05) is 0 Å². The lowest BCUT2D eigenvalue weighted by atomic mass is 10.00. The van der Waals surface area contributed by atoms with Crippen molar-refractivity contribution in [3.63, 3.8) is 0 Å². The molecule has 3 aliphatic rings. The molecule has 2 aromatic heterocycles. The summed E-state index contributed by atoms with van der Waals surface area (Å²) in [6.45, 7) is 3.31. The summed E-state index contributed by atoms with van der Waals surface area (Å²) in [7, 11) is 1.97. The lowest BCUT2D eigenvalue weighted by Gasteiger charge is -2.40. The summed E-state index contributed by atoms with van der Waals surface area (Å²) >= 11 is 0. The van der Waals surface area contributed by atoms with Crippen LogP contribution >= 0.6 is 0 Å². The van der Waals surface area contributed by atoms with Crippen LogP contribution in [-0.2, 0) is 24.4 Å². The van der Waals surface area contributed by atoms with E-state index in [0.717, 1.165) is 64.1 Å². The highest BCUT2D eigenvalue weighted by molar-refractivity contribution is 5.44. The largest absolute Gasteiger partial charge is 0.433 e. The Balaban J connectivity index is 1.25. The van der Waals surface area contributed by atoms with Gasteiger partial charge in [0.15, 0.2) is 0 Å². The first-order valence-corrected chi connectivity index (χ1v) is 10.9. The van der Waals surface area contributed by atoms with Gasteiger partial charge in [0.25, 0.3) is 0 Å². The van der Waals surface area contributed by atoms with Gasteiger partial charge >= 0.3 is 6.18 Å². The number of piperidine rings is 1.